The maximum Gasteiger partial charge on any atom is 0.236 e. The molecule has 2 aromatic rings. The molecule has 0 aromatic heterocycles. The number of methoxy groups -OCH3 is 2. The minimum absolute atomic E-state index is 0.0417. The van der Waals surface area contributed by atoms with E-state index in [1.54, 1.807) is 26.4 Å². The zero-order chi connectivity index (χ0) is 23.3. The summed E-state index contributed by atoms with van der Waals surface area (Å²) in [6.45, 7) is 4.44. The lowest BCUT2D eigenvalue weighted by Gasteiger charge is -2.37. The molecule has 0 N–H and O–H groups in total. The van der Waals surface area contributed by atoms with Gasteiger partial charge in [-0.05, 0) is 49.9 Å². The van der Waals surface area contributed by atoms with Crippen LogP contribution >= 0.6 is 0 Å². The molecule has 1 aliphatic heterocycles. The Bertz CT molecular complexity index is 974. The Kier molecular flexibility index (Phi) is 7.69. The number of hydrogen-bond acceptors (Lipinski definition) is 6. The van der Waals surface area contributed by atoms with E-state index >= 15 is 0 Å². The van der Waals surface area contributed by atoms with Crippen LogP contribution in [-0.4, -0.2) is 75.5 Å². The smallest absolute Gasteiger partial charge is 0.236 e. The minimum atomic E-state index is -0.410. The van der Waals surface area contributed by atoms with Crippen molar-refractivity contribution in [3.8, 4) is 11.5 Å². The minimum Gasteiger partial charge on any atom is -0.493 e. The van der Waals surface area contributed by atoms with Crippen LogP contribution in [0.3, 0.4) is 0 Å². The predicted octanol–water partition coefficient (Wildman–Crippen LogP) is 2.83. The summed E-state index contributed by atoms with van der Waals surface area (Å²) in [6.07, 6.45) is 0. The number of amides is 1. The molecular formula is C24H30FN3O4. The fraction of sp³-hybridized carbons (Fsp3) is 0.417. The summed E-state index contributed by atoms with van der Waals surface area (Å²) >= 11 is 0. The number of piperazine rings is 1. The summed E-state index contributed by atoms with van der Waals surface area (Å²) in [4.78, 5) is 29.9. The molecule has 8 heteroatoms. The summed E-state index contributed by atoms with van der Waals surface area (Å²) in [7, 11) is 5.09. The number of likely N-dealkylation sites (N-methyl/N-ethyl adjacent to an activating group) is 1. The fourth-order valence-corrected chi connectivity index (χ4v) is 3.86. The van der Waals surface area contributed by atoms with Crippen LogP contribution in [0.25, 0.3) is 0 Å². The number of ketones is 1. The van der Waals surface area contributed by atoms with Gasteiger partial charge in [-0.25, -0.2) is 4.39 Å². The van der Waals surface area contributed by atoms with Gasteiger partial charge < -0.3 is 19.3 Å². The Hall–Kier alpha value is -3.13. The summed E-state index contributed by atoms with van der Waals surface area (Å²) < 4.78 is 25.0. The van der Waals surface area contributed by atoms with E-state index in [9.17, 15) is 14.0 Å². The summed E-state index contributed by atoms with van der Waals surface area (Å²) in [6, 6.07) is 10.3. The van der Waals surface area contributed by atoms with Gasteiger partial charge in [-0.2, -0.15) is 0 Å². The van der Waals surface area contributed by atoms with Crippen molar-refractivity contribution in [2.45, 2.75) is 13.5 Å². The maximum atomic E-state index is 14.4. The molecule has 7 nitrogen and oxygen atoms in total. The van der Waals surface area contributed by atoms with Gasteiger partial charge in [0, 0.05) is 38.3 Å². The first-order valence-corrected chi connectivity index (χ1v) is 10.5. The number of Topliss-reactive ketones (excluding diaryl/α,β-unsaturated/α-hetero) is 1. The topological polar surface area (TPSA) is 62.3 Å². The number of benzene rings is 2. The second-order valence-electron chi connectivity index (χ2n) is 7.95. The molecule has 1 heterocycles. The second kappa shape index (κ2) is 10.5. The number of carbonyl (C=O) groups is 2. The molecule has 0 aliphatic carbocycles. The molecule has 1 fully saturated rings. The zero-order valence-corrected chi connectivity index (χ0v) is 19.1. The van der Waals surface area contributed by atoms with Crippen LogP contribution in [0.2, 0.25) is 0 Å². The van der Waals surface area contributed by atoms with Crippen LogP contribution in [0.15, 0.2) is 36.4 Å². The number of ether oxygens (including phenoxy) is 2. The lowest BCUT2D eigenvalue weighted by molar-refractivity contribution is -0.132. The van der Waals surface area contributed by atoms with Crippen molar-refractivity contribution >= 4 is 17.4 Å². The van der Waals surface area contributed by atoms with Crippen LogP contribution in [0.4, 0.5) is 10.1 Å². The van der Waals surface area contributed by atoms with Gasteiger partial charge in [0.05, 0.1) is 26.5 Å². The van der Waals surface area contributed by atoms with E-state index in [0.717, 1.165) is 5.56 Å². The van der Waals surface area contributed by atoms with Crippen molar-refractivity contribution in [2.75, 3.05) is 58.9 Å². The molecule has 0 bridgehead atoms. The molecule has 1 amide bonds. The highest BCUT2D eigenvalue weighted by Gasteiger charge is 2.24. The van der Waals surface area contributed by atoms with Gasteiger partial charge in [-0.1, -0.05) is 6.07 Å². The third kappa shape index (κ3) is 5.56. The van der Waals surface area contributed by atoms with Gasteiger partial charge in [0.25, 0.3) is 0 Å². The van der Waals surface area contributed by atoms with Gasteiger partial charge >= 0.3 is 0 Å². The standard InChI is InChI=1S/C24H30FN3O4/c1-17(29)19-6-7-21(20(25)14-19)27-9-11-28(12-10-27)24(30)16-26(2)15-18-5-8-22(31-3)23(13-18)32-4/h5-8,13-14H,9-12,15-16H2,1-4H3. The average Bonchev–Trinajstić information content (AvgIpc) is 2.78. The molecule has 0 atom stereocenters. The highest BCUT2D eigenvalue weighted by atomic mass is 19.1. The van der Waals surface area contributed by atoms with Crippen LogP contribution in [0.1, 0.15) is 22.8 Å². The van der Waals surface area contributed by atoms with E-state index in [2.05, 4.69) is 0 Å². The third-order valence-corrected chi connectivity index (χ3v) is 5.63. The van der Waals surface area contributed by atoms with Crippen LogP contribution in [-0.2, 0) is 11.3 Å². The number of hydrogen-bond donors (Lipinski definition) is 0. The molecule has 1 saturated heterocycles. The quantitative estimate of drug-likeness (QED) is 0.585. The third-order valence-electron chi connectivity index (χ3n) is 5.63. The summed E-state index contributed by atoms with van der Waals surface area (Å²) in [5.74, 6) is 0.792. The van der Waals surface area contributed by atoms with Crippen molar-refractivity contribution in [3.63, 3.8) is 0 Å². The van der Waals surface area contributed by atoms with Crippen molar-refractivity contribution in [1.82, 2.24) is 9.80 Å². The first-order valence-electron chi connectivity index (χ1n) is 10.5. The Labute approximate surface area is 188 Å². The highest BCUT2D eigenvalue weighted by molar-refractivity contribution is 5.94. The Morgan fingerprint density at radius 1 is 1.00 bits per heavy atom. The van der Waals surface area contributed by atoms with Crippen LogP contribution < -0.4 is 14.4 Å². The van der Waals surface area contributed by atoms with Crippen molar-refractivity contribution in [2.24, 2.45) is 0 Å². The fourth-order valence-electron chi connectivity index (χ4n) is 3.86. The normalized spacial score (nSPS) is 13.9. The predicted molar refractivity (Wildman–Crippen MR) is 121 cm³/mol. The Balaban J connectivity index is 1.53. The molecule has 32 heavy (non-hydrogen) atoms. The molecule has 0 saturated carbocycles. The van der Waals surface area contributed by atoms with Crippen molar-refractivity contribution in [3.05, 3.63) is 53.3 Å². The molecule has 2 aromatic carbocycles. The van der Waals surface area contributed by atoms with E-state index < -0.39 is 5.82 Å². The number of carbonyl (C=O) groups excluding carboxylic acids is 2. The largest absolute Gasteiger partial charge is 0.493 e. The van der Waals surface area contributed by atoms with E-state index in [1.807, 2.05) is 39.9 Å². The monoisotopic (exact) mass is 443 g/mol. The maximum absolute atomic E-state index is 14.4. The van der Waals surface area contributed by atoms with Crippen LogP contribution in [0.5, 0.6) is 11.5 Å². The Morgan fingerprint density at radius 3 is 2.28 bits per heavy atom. The lowest BCUT2D eigenvalue weighted by Crippen LogP contribution is -2.51. The lowest BCUT2D eigenvalue weighted by atomic mass is 10.1. The molecule has 0 radical (unpaired) electrons. The van der Waals surface area contributed by atoms with Crippen molar-refractivity contribution < 1.29 is 23.5 Å². The number of halogens is 1. The van der Waals surface area contributed by atoms with Gasteiger partial charge in [0.2, 0.25) is 5.91 Å². The molecule has 1 aliphatic rings. The molecular weight excluding hydrogens is 413 g/mol. The molecule has 0 unspecified atom stereocenters. The van der Waals surface area contributed by atoms with E-state index in [1.165, 1.54) is 13.0 Å². The summed E-state index contributed by atoms with van der Waals surface area (Å²) in [5, 5.41) is 0. The number of nitrogens with zero attached hydrogens (tertiary/aromatic N) is 3. The Morgan fingerprint density at radius 2 is 1.69 bits per heavy atom. The molecule has 0 spiro atoms. The number of rotatable bonds is 8. The van der Waals surface area contributed by atoms with Gasteiger partial charge in [-0.15, -0.1) is 0 Å². The summed E-state index contributed by atoms with van der Waals surface area (Å²) in [5.41, 5.74) is 1.84. The van der Waals surface area contributed by atoms with E-state index in [4.69, 9.17) is 9.47 Å². The zero-order valence-electron chi connectivity index (χ0n) is 19.1. The SMILES string of the molecule is COc1ccc(CN(C)CC(=O)N2CCN(c3ccc(C(C)=O)cc3F)CC2)cc1OC. The number of anilines is 1. The van der Waals surface area contributed by atoms with E-state index in [-0.39, 0.29) is 18.2 Å². The van der Waals surface area contributed by atoms with Gasteiger partial charge in [0.15, 0.2) is 17.3 Å². The average molecular weight is 444 g/mol. The molecule has 3 rings (SSSR count). The van der Waals surface area contributed by atoms with Gasteiger partial charge in [0.1, 0.15) is 5.82 Å². The first-order chi connectivity index (χ1) is 15.3. The second-order valence-corrected chi connectivity index (χ2v) is 7.95. The van der Waals surface area contributed by atoms with Crippen LogP contribution in [0, 0.1) is 5.82 Å². The van der Waals surface area contributed by atoms with Crippen molar-refractivity contribution in [1.29, 1.82) is 0 Å². The first kappa shape index (κ1) is 23.5. The van der Waals surface area contributed by atoms with Gasteiger partial charge in [-0.3, -0.25) is 14.5 Å². The molecule has 172 valence electrons. The van der Waals surface area contributed by atoms with E-state index in [0.29, 0.717) is 55.5 Å². The highest BCUT2D eigenvalue weighted by Crippen LogP contribution is 2.28.